The van der Waals surface area contributed by atoms with E-state index in [-0.39, 0.29) is 6.10 Å². The third kappa shape index (κ3) is 2.52. The zero-order chi connectivity index (χ0) is 16.6. The minimum atomic E-state index is 0.246. The van der Waals surface area contributed by atoms with Crippen molar-refractivity contribution in [3.05, 3.63) is 48.8 Å². The molecule has 0 amide bonds. The highest BCUT2D eigenvalue weighted by Crippen LogP contribution is 2.31. The van der Waals surface area contributed by atoms with Gasteiger partial charge < -0.3 is 9.72 Å². The molecule has 0 unspecified atom stereocenters. The number of H-pyrrole nitrogens is 1. The van der Waals surface area contributed by atoms with Gasteiger partial charge in [-0.1, -0.05) is 42.5 Å². The predicted molar refractivity (Wildman–Crippen MR) is 97.5 cm³/mol. The molecule has 0 radical (unpaired) electrons. The molecular formula is C20H18N4O. The molecule has 5 rings (SSSR count). The van der Waals surface area contributed by atoms with Crippen molar-refractivity contribution in [1.82, 2.24) is 19.9 Å². The Labute approximate surface area is 145 Å². The van der Waals surface area contributed by atoms with Crippen LogP contribution in [0.5, 0.6) is 5.88 Å². The summed E-state index contributed by atoms with van der Waals surface area (Å²) in [5.41, 5.74) is 2.48. The molecule has 0 bridgehead atoms. The van der Waals surface area contributed by atoms with Gasteiger partial charge in [-0.05, 0) is 36.5 Å². The molecule has 25 heavy (non-hydrogen) atoms. The van der Waals surface area contributed by atoms with Crippen molar-refractivity contribution >= 4 is 21.9 Å². The lowest BCUT2D eigenvalue weighted by atomic mass is 10.0. The third-order valence-corrected chi connectivity index (χ3v) is 4.87. The highest BCUT2D eigenvalue weighted by Gasteiger charge is 2.20. The first-order chi connectivity index (χ1) is 12.4. The molecule has 4 aromatic rings. The molecule has 1 N–H and O–H groups in total. The van der Waals surface area contributed by atoms with E-state index in [0.29, 0.717) is 17.0 Å². The molecule has 5 nitrogen and oxygen atoms in total. The van der Waals surface area contributed by atoms with Crippen LogP contribution in [0.4, 0.5) is 0 Å². The van der Waals surface area contributed by atoms with E-state index in [4.69, 9.17) is 9.72 Å². The highest BCUT2D eigenvalue weighted by atomic mass is 16.5. The Kier molecular flexibility index (Phi) is 3.37. The summed E-state index contributed by atoms with van der Waals surface area (Å²) in [5, 5.41) is 2.35. The van der Waals surface area contributed by atoms with Gasteiger partial charge in [-0.25, -0.2) is 9.97 Å². The largest absolute Gasteiger partial charge is 0.473 e. The number of aromatic nitrogens is 4. The van der Waals surface area contributed by atoms with Crippen molar-refractivity contribution in [3.63, 3.8) is 0 Å². The summed E-state index contributed by atoms with van der Waals surface area (Å²) in [4.78, 5) is 16.8. The van der Waals surface area contributed by atoms with Gasteiger partial charge in [-0.3, -0.25) is 0 Å². The lowest BCUT2D eigenvalue weighted by molar-refractivity contribution is 0.204. The smallest absolute Gasteiger partial charge is 0.245 e. The number of nitrogens with one attached hydrogen (secondary N) is 1. The van der Waals surface area contributed by atoms with Crippen LogP contribution in [-0.4, -0.2) is 26.0 Å². The SMILES string of the molecule is c1ccc2c(-c3nc4c(OC5CCCC5)ncnc4[nH]3)cccc2c1. The second-order valence-electron chi connectivity index (χ2n) is 6.51. The summed E-state index contributed by atoms with van der Waals surface area (Å²) in [6.07, 6.45) is 6.41. The van der Waals surface area contributed by atoms with Crippen LogP contribution in [0.2, 0.25) is 0 Å². The van der Waals surface area contributed by atoms with Crippen LogP contribution in [0, 0.1) is 0 Å². The van der Waals surface area contributed by atoms with Crippen LogP contribution < -0.4 is 4.74 Å². The Bertz CT molecular complexity index is 1040. The minimum absolute atomic E-state index is 0.246. The summed E-state index contributed by atoms with van der Waals surface area (Å²) in [6.45, 7) is 0. The molecule has 2 aromatic heterocycles. The van der Waals surface area contributed by atoms with Gasteiger partial charge in [0.05, 0.1) is 0 Å². The number of nitrogens with zero attached hydrogens (tertiary/aromatic N) is 3. The van der Waals surface area contributed by atoms with Gasteiger partial charge in [-0.15, -0.1) is 0 Å². The van der Waals surface area contributed by atoms with Gasteiger partial charge >= 0.3 is 0 Å². The van der Waals surface area contributed by atoms with E-state index in [0.717, 1.165) is 29.6 Å². The Morgan fingerprint density at radius 1 is 0.960 bits per heavy atom. The van der Waals surface area contributed by atoms with Crippen LogP contribution in [0.25, 0.3) is 33.3 Å². The van der Waals surface area contributed by atoms with Gasteiger partial charge in [0.15, 0.2) is 11.2 Å². The van der Waals surface area contributed by atoms with Gasteiger partial charge in [-0.2, -0.15) is 4.98 Å². The van der Waals surface area contributed by atoms with E-state index in [1.807, 2.05) is 18.2 Å². The number of hydrogen-bond donors (Lipinski definition) is 1. The Hall–Kier alpha value is -2.95. The van der Waals surface area contributed by atoms with E-state index in [9.17, 15) is 0 Å². The number of aromatic amines is 1. The zero-order valence-electron chi connectivity index (χ0n) is 13.8. The Balaban J connectivity index is 1.62. The summed E-state index contributed by atoms with van der Waals surface area (Å²) < 4.78 is 6.09. The number of rotatable bonds is 3. The van der Waals surface area contributed by atoms with Crippen LogP contribution in [0.3, 0.4) is 0 Å². The first-order valence-corrected chi connectivity index (χ1v) is 8.74. The maximum atomic E-state index is 6.09. The number of imidazole rings is 1. The lowest BCUT2D eigenvalue weighted by Gasteiger charge is -2.11. The molecule has 0 spiro atoms. The highest BCUT2D eigenvalue weighted by molar-refractivity contribution is 5.96. The second-order valence-corrected chi connectivity index (χ2v) is 6.51. The first-order valence-electron chi connectivity index (χ1n) is 8.74. The average Bonchev–Trinajstić information content (AvgIpc) is 3.31. The summed E-state index contributed by atoms with van der Waals surface area (Å²) in [5.74, 6) is 1.38. The van der Waals surface area contributed by atoms with Gasteiger partial charge in [0.2, 0.25) is 5.88 Å². The van der Waals surface area contributed by atoms with E-state index in [1.165, 1.54) is 24.6 Å². The van der Waals surface area contributed by atoms with Gasteiger partial charge in [0.1, 0.15) is 18.3 Å². The van der Waals surface area contributed by atoms with Gasteiger partial charge in [0.25, 0.3) is 0 Å². The van der Waals surface area contributed by atoms with E-state index in [2.05, 4.69) is 39.2 Å². The average molecular weight is 330 g/mol. The molecule has 1 aliphatic carbocycles. The minimum Gasteiger partial charge on any atom is -0.473 e. The van der Waals surface area contributed by atoms with E-state index >= 15 is 0 Å². The van der Waals surface area contributed by atoms with Crippen LogP contribution in [-0.2, 0) is 0 Å². The maximum Gasteiger partial charge on any atom is 0.245 e. The van der Waals surface area contributed by atoms with Gasteiger partial charge in [0, 0.05) is 5.56 Å². The molecule has 2 aromatic carbocycles. The van der Waals surface area contributed by atoms with Crippen molar-refractivity contribution in [2.24, 2.45) is 0 Å². The molecule has 0 atom stereocenters. The molecule has 124 valence electrons. The van der Waals surface area contributed by atoms with Crippen molar-refractivity contribution in [2.45, 2.75) is 31.8 Å². The lowest BCUT2D eigenvalue weighted by Crippen LogP contribution is -2.12. The van der Waals surface area contributed by atoms with Crippen LogP contribution in [0.1, 0.15) is 25.7 Å². The van der Waals surface area contributed by atoms with E-state index < -0.39 is 0 Å². The summed E-state index contributed by atoms with van der Waals surface area (Å²) in [7, 11) is 0. The third-order valence-electron chi connectivity index (χ3n) is 4.87. The number of hydrogen-bond acceptors (Lipinski definition) is 4. The van der Waals surface area contributed by atoms with Crippen molar-refractivity contribution in [2.75, 3.05) is 0 Å². The van der Waals surface area contributed by atoms with Crippen LogP contribution >= 0.6 is 0 Å². The number of benzene rings is 2. The fourth-order valence-corrected chi connectivity index (χ4v) is 3.62. The number of fused-ring (bicyclic) bond motifs is 2. The van der Waals surface area contributed by atoms with E-state index in [1.54, 1.807) is 0 Å². The first kappa shape index (κ1) is 14.4. The fourth-order valence-electron chi connectivity index (χ4n) is 3.62. The summed E-state index contributed by atoms with van der Waals surface area (Å²) in [6, 6.07) is 14.5. The topological polar surface area (TPSA) is 63.7 Å². The molecule has 2 heterocycles. The standard InChI is InChI=1S/C20H18N4O/c1-4-10-15-13(6-1)7-5-11-16(15)18-23-17-19(24-18)21-12-22-20(17)25-14-8-2-3-9-14/h1,4-7,10-12,14H,2-3,8-9H2,(H,21,22,23,24). The molecule has 1 aliphatic rings. The normalized spacial score (nSPS) is 15.2. The van der Waals surface area contributed by atoms with Crippen molar-refractivity contribution < 1.29 is 4.74 Å². The monoisotopic (exact) mass is 330 g/mol. The molecule has 0 saturated heterocycles. The Morgan fingerprint density at radius 3 is 2.72 bits per heavy atom. The fraction of sp³-hybridized carbons (Fsp3) is 0.250. The maximum absolute atomic E-state index is 6.09. The molecule has 0 aliphatic heterocycles. The predicted octanol–water partition coefficient (Wildman–Crippen LogP) is 4.49. The zero-order valence-corrected chi connectivity index (χ0v) is 13.8. The molecule has 1 fully saturated rings. The molecular weight excluding hydrogens is 312 g/mol. The van der Waals surface area contributed by atoms with Crippen molar-refractivity contribution in [3.8, 4) is 17.3 Å². The summed E-state index contributed by atoms with van der Waals surface area (Å²) >= 11 is 0. The molecule has 5 heteroatoms. The molecule has 1 saturated carbocycles. The quantitative estimate of drug-likeness (QED) is 0.601. The van der Waals surface area contributed by atoms with Crippen LogP contribution in [0.15, 0.2) is 48.8 Å². The Morgan fingerprint density at radius 2 is 1.80 bits per heavy atom. The second kappa shape index (κ2) is 5.84. The number of ether oxygens (including phenoxy) is 1. The van der Waals surface area contributed by atoms with Crippen molar-refractivity contribution in [1.29, 1.82) is 0 Å².